The number of hydrogen-bond donors (Lipinski definition) is 1. The van der Waals surface area contributed by atoms with E-state index in [1.165, 1.54) is 0 Å². The summed E-state index contributed by atoms with van der Waals surface area (Å²) < 4.78 is 0. The Morgan fingerprint density at radius 2 is 1.79 bits per heavy atom. The van der Waals surface area contributed by atoms with E-state index in [4.69, 9.17) is 5.11 Å². The van der Waals surface area contributed by atoms with Crippen LogP contribution in [-0.4, -0.2) is 48.8 Å². The van der Waals surface area contributed by atoms with E-state index in [0.29, 0.717) is 5.56 Å². The van der Waals surface area contributed by atoms with Gasteiger partial charge in [-0.2, -0.15) is 0 Å². The Balaban J connectivity index is -0.000000563. The average Bonchev–Trinajstić information content (AvgIpc) is 2.03. The predicted molar refractivity (Wildman–Crippen MR) is 60.1 cm³/mol. The van der Waals surface area contributed by atoms with Crippen molar-refractivity contribution in [1.82, 2.24) is 0 Å². The smallest absolute Gasteiger partial charge is 1.00 e. The molecule has 0 radical (unpaired) electrons. The van der Waals surface area contributed by atoms with Gasteiger partial charge in [0, 0.05) is 0 Å². The molecule has 0 spiro atoms. The maximum atomic E-state index is 10.9. The molecule has 0 aliphatic heterocycles. The van der Waals surface area contributed by atoms with Gasteiger partial charge in [-0.15, -0.1) is 0 Å². The summed E-state index contributed by atoms with van der Waals surface area (Å²) in [6.45, 7) is 6.03. The van der Waals surface area contributed by atoms with Crippen molar-refractivity contribution in [1.29, 1.82) is 0 Å². The first-order valence-electron chi connectivity index (χ1n) is 4.26. The van der Waals surface area contributed by atoms with Gasteiger partial charge in [0.25, 0.3) is 0 Å². The van der Waals surface area contributed by atoms with Gasteiger partial charge in [-0.3, -0.25) is 0 Å². The summed E-state index contributed by atoms with van der Waals surface area (Å²) in [4.78, 5) is 10.9. The number of rotatable bonds is 1. The van der Waals surface area contributed by atoms with Crippen LogP contribution >= 0.6 is 0 Å². The van der Waals surface area contributed by atoms with Crippen molar-refractivity contribution in [3.8, 4) is 0 Å². The third-order valence-electron chi connectivity index (χ3n) is 1.97. The van der Waals surface area contributed by atoms with E-state index in [-0.39, 0.29) is 46.0 Å². The van der Waals surface area contributed by atoms with Crippen LogP contribution in [0.15, 0.2) is 24.3 Å². The molecule has 0 aromatic heterocycles. The second-order valence-electron chi connectivity index (χ2n) is 4.10. The summed E-state index contributed by atoms with van der Waals surface area (Å²) in [6.07, 6.45) is 0. The quantitative estimate of drug-likeness (QED) is 0.738. The molecular formula is C11H16CaO2. The van der Waals surface area contributed by atoms with Crippen LogP contribution in [0.5, 0.6) is 0 Å². The second kappa shape index (κ2) is 5.15. The van der Waals surface area contributed by atoms with E-state index in [1.54, 1.807) is 12.1 Å². The molecule has 0 heterocycles. The van der Waals surface area contributed by atoms with Gasteiger partial charge >= 0.3 is 43.7 Å². The average molecular weight is 220 g/mol. The summed E-state index contributed by atoms with van der Waals surface area (Å²) in [7, 11) is 0. The number of carboxylic acid groups (broad SMARTS) is 1. The second-order valence-corrected chi connectivity index (χ2v) is 4.10. The SMILES string of the molecule is CC(C)(C)c1ccccc1C(=O)O.[Ca+2].[H-].[H-]. The Bertz CT molecular complexity index is 335. The van der Waals surface area contributed by atoms with Gasteiger partial charge in [-0.05, 0) is 17.0 Å². The topological polar surface area (TPSA) is 37.3 Å². The van der Waals surface area contributed by atoms with Gasteiger partial charge in [-0.25, -0.2) is 4.79 Å². The zero-order valence-corrected chi connectivity index (χ0v) is 11.1. The molecule has 74 valence electrons. The third kappa shape index (κ3) is 3.26. The standard InChI is InChI=1S/C11H14O2.Ca.2H/c1-11(2,3)9-7-5-4-6-8(9)10(12)13;;;/h4-7H,1-3H3,(H,12,13);;;/q;+2;2*-1. The summed E-state index contributed by atoms with van der Waals surface area (Å²) >= 11 is 0. The van der Waals surface area contributed by atoms with Crippen molar-refractivity contribution in [2.45, 2.75) is 26.2 Å². The Labute approximate surface area is 117 Å². The van der Waals surface area contributed by atoms with Crippen molar-refractivity contribution in [3.63, 3.8) is 0 Å². The molecule has 14 heavy (non-hydrogen) atoms. The fraction of sp³-hybridized carbons (Fsp3) is 0.364. The Morgan fingerprint density at radius 3 is 2.14 bits per heavy atom. The third-order valence-corrected chi connectivity index (χ3v) is 1.97. The summed E-state index contributed by atoms with van der Waals surface area (Å²) in [5.41, 5.74) is 1.16. The van der Waals surface area contributed by atoms with Gasteiger partial charge in [-0.1, -0.05) is 39.0 Å². The first-order chi connectivity index (χ1) is 5.93. The van der Waals surface area contributed by atoms with Crippen LogP contribution in [0.2, 0.25) is 0 Å². The van der Waals surface area contributed by atoms with Gasteiger partial charge in [0.2, 0.25) is 0 Å². The number of carboxylic acids is 1. The first-order valence-corrected chi connectivity index (χ1v) is 4.26. The molecule has 1 aromatic carbocycles. The molecule has 0 amide bonds. The van der Waals surface area contributed by atoms with Crippen LogP contribution in [0.1, 0.15) is 39.5 Å². The molecule has 0 aliphatic rings. The fourth-order valence-electron chi connectivity index (χ4n) is 1.32. The molecule has 0 atom stereocenters. The first kappa shape index (κ1) is 13.9. The minimum absolute atomic E-state index is 0. The zero-order chi connectivity index (χ0) is 10.1. The van der Waals surface area contributed by atoms with Crippen molar-refractivity contribution in [2.24, 2.45) is 0 Å². The maximum Gasteiger partial charge on any atom is 2.00 e. The van der Waals surface area contributed by atoms with Gasteiger partial charge in [0.05, 0.1) is 5.56 Å². The minimum Gasteiger partial charge on any atom is -1.00 e. The molecule has 0 unspecified atom stereocenters. The van der Waals surface area contributed by atoms with E-state index in [9.17, 15) is 4.79 Å². The largest absolute Gasteiger partial charge is 2.00 e. The molecule has 0 fully saturated rings. The van der Waals surface area contributed by atoms with Crippen molar-refractivity contribution >= 4 is 43.7 Å². The van der Waals surface area contributed by atoms with Crippen LogP contribution in [0.4, 0.5) is 0 Å². The number of benzene rings is 1. The molecule has 3 heteroatoms. The van der Waals surface area contributed by atoms with E-state index in [1.807, 2.05) is 32.9 Å². The van der Waals surface area contributed by atoms with Crippen molar-refractivity contribution in [2.75, 3.05) is 0 Å². The molecule has 2 nitrogen and oxygen atoms in total. The zero-order valence-electron chi connectivity index (χ0n) is 10.9. The van der Waals surface area contributed by atoms with Crippen LogP contribution in [0, 0.1) is 0 Å². The summed E-state index contributed by atoms with van der Waals surface area (Å²) in [5, 5.41) is 8.93. The summed E-state index contributed by atoms with van der Waals surface area (Å²) in [6, 6.07) is 7.12. The number of hydrogen-bond acceptors (Lipinski definition) is 1. The Morgan fingerprint density at radius 1 is 1.29 bits per heavy atom. The maximum absolute atomic E-state index is 10.9. The van der Waals surface area contributed by atoms with Crippen molar-refractivity contribution < 1.29 is 12.8 Å². The normalized spacial score (nSPS) is 10.5. The van der Waals surface area contributed by atoms with Gasteiger partial charge in [0.15, 0.2) is 0 Å². The van der Waals surface area contributed by atoms with E-state index in [0.717, 1.165) is 5.56 Å². The Hall–Kier alpha value is -0.0503. The van der Waals surface area contributed by atoms with Gasteiger partial charge < -0.3 is 7.96 Å². The molecule has 0 aliphatic carbocycles. The predicted octanol–water partition coefficient (Wildman–Crippen LogP) is 2.53. The van der Waals surface area contributed by atoms with Crippen LogP contribution in [0.25, 0.3) is 0 Å². The molecule has 1 rings (SSSR count). The van der Waals surface area contributed by atoms with Gasteiger partial charge in [0.1, 0.15) is 0 Å². The monoisotopic (exact) mass is 220 g/mol. The molecular weight excluding hydrogens is 204 g/mol. The van der Waals surface area contributed by atoms with E-state index < -0.39 is 5.97 Å². The van der Waals surface area contributed by atoms with Crippen LogP contribution in [-0.2, 0) is 5.41 Å². The van der Waals surface area contributed by atoms with E-state index in [2.05, 4.69) is 0 Å². The molecule has 1 N–H and O–H groups in total. The Kier molecular flexibility index (Phi) is 5.13. The minimum atomic E-state index is -0.856. The molecule has 0 saturated carbocycles. The van der Waals surface area contributed by atoms with E-state index >= 15 is 0 Å². The molecule has 0 bridgehead atoms. The van der Waals surface area contributed by atoms with Crippen molar-refractivity contribution in [3.05, 3.63) is 35.4 Å². The number of carbonyl (C=O) groups is 1. The molecule has 1 aromatic rings. The van der Waals surface area contributed by atoms with Crippen LogP contribution in [0.3, 0.4) is 0 Å². The van der Waals surface area contributed by atoms with Crippen LogP contribution < -0.4 is 0 Å². The fourth-order valence-corrected chi connectivity index (χ4v) is 1.32. The summed E-state index contributed by atoms with van der Waals surface area (Å²) in [5.74, 6) is -0.856. The number of aromatic carboxylic acids is 1. The molecule has 0 saturated heterocycles.